The third-order valence-corrected chi connectivity index (χ3v) is 4.66. The van der Waals surface area contributed by atoms with Gasteiger partial charge in [-0.2, -0.15) is 5.10 Å². The lowest BCUT2D eigenvalue weighted by Gasteiger charge is -2.23. The lowest BCUT2D eigenvalue weighted by Crippen LogP contribution is -2.28. The van der Waals surface area contributed by atoms with Gasteiger partial charge in [-0.25, -0.2) is 13.5 Å². The molecule has 1 saturated heterocycles. The molecule has 1 aliphatic heterocycles. The molecule has 3 N–H and O–H groups in total. The van der Waals surface area contributed by atoms with Gasteiger partial charge >= 0.3 is 0 Å². The van der Waals surface area contributed by atoms with Gasteiger partial charge < -0.3 is 11.1 Å². The summed E-state index contributed by atoms with van der Waals surface area (Å²) in [5.74, 6) is -3.77. The van der Waals surface area contributed by atoms with E-state index in [9.17, 15) is 13.6 Å². The quantitative estimate of drug-likeness (QED) is 0.757. The molecule has 4 rings (SSSR count). The minimum absolute atomic E-state index is 0.0129. The largest absolute Gasteiger partial charge is 0.366 e. The second kappa shape index (κ2) is 6.49. The van der Waals surface area contributed by atoms with Gasteiger partial charge in [0, 0.05) is 14.1 Å². The van der Waals surface area contributed by atoms with Crippen molar-refractivity contribution < 1.29 is 14.9 Å². The highest BCUT2D eigenvalue weighted by Crippen LogP contribution is 2.27. The van der Waals surface area contributed by atoms with Crippen LogP contribution in [0.3, 0.4) is 0 Å². The summed E-state index contributed by atoms with van der Waals surface area (Å²) in [6, 6.07) is 7.98. The fourth-order valence-corrected chi connectivity index (χ4v) is 3.29. The van der Waals surface area contributed by atoms with Crippen molar-refractivity contribution in [3.8, 4) is 5.69 Å². The molecule has 1 aliphatic rings. The van der Waals surface area contributed by atoms with Gasteiger partial charge in [0.1, 0.15) is 5.52 Å². The van der Waals surface area contributed by atoms with Crippen molar-refractivity contribution in [2.75, 3.05) is 13.1 Å². The third kappa shape index (κ3) is 2.84. The molecular weight excluding hydrogens is 338 g/mol. The number of piperidine rings is 1. The number of benzene rings is 2. The van der Waals surface area contributed by atoms with Crippen molar-refractivity contribution in [1.82, 2.24) is 15.1 Å². The molecule has 0 radical (unpaired) electrons. The van der Waals surface area contributed by atoms with E-state index in [1.165, 1.54) is 10.9 Å². The first-order valence-electron chi connectivity index (χ1n) is 8.88. The zero-order valence-electron chi connectivity index (χ0n) is 14.9. The third-order valence-electron chi connectivity index (χ3n) is 4.66. The average Bonchev–Trinajstić information content (AvgIpc) is 3.11. The summed E-state index contributed by atoms with van der Waals surface area (Å²) in [6.07, 6.45) is 3.04. The van der Waals surface area contributed by atoms with Crippen LogP contribution in [0.4, 0.5) is 8.78 Å². The topological polar surface area (TPSA) is 72.9 Å². The molecule has 0 saturated carbocycles. The average molecular weight is 357 g/mol. The fraction of sp³-hybridized carbons (Fsp3) is 0.263. The molecule has 1 aromatic heterocycles. The van der Waals surface area contributed by atoms with E-state index >= 15 is 0 Å². The predicted molar refractivity (Wildman–Crippen MR) is 94.3 cm³/mol. The van der Waals surface area contributed by atoms with Crippen molar-refractivity contribution in [3.05, 3.63) is 59.3 Å². The van der Waals surface area contributed by atoms with Crippen LogP contribution in [0.15, 0.2) is 36.5 Å². The SMILES string of the molecule is [2H][C@@]1(c2ccc(-n3cc4c(F)c(F)cc(C(N)=O)c4n3)cc2)CCCNC1. The van der Waals surface area contributed by atoms with Crippen molar-refractivity contribution >= 4 is 16.8 Å². The maximum absolute atomic E-state index is 14.1. The van der Waals surface area contributed by atoms with Crippen LogP contribution in [0.5, 0.6) is 0 Å². The first kappa shape index (κ1) is 15.5. The monoisotopic (exact) mass is 357 g/mol. The Morgan fingerprint density at radius 1 is 1.35 bits per heavy atom. The van der Waals surface area contributed by atoms with Gasteiger partial charge in [0.2, 0.25) is 0 Å². The van der Waals surface area contributed by atoms with Crippen LogP contribution in [0.1, 0.15) is 36.0 Å². The van der Waals surface area contributed by atoms with E-state index in [4.69, 9.17) is 7.10 Å². The highest BCUT2D eigenvalue weighted by Gasteiger charge is 2.19. The van der Waals surface area contributed by atoms with Crippen LogP contribution in [0.2, 0.25) is 0 Å². The summed E-state index contributed by atoms with van der Waals surface area (Å²) < 4.78 is 37.8. The molecule has 26 heavy (non-hydrogen) atoms. The molecule has 1 fully saturated rings. The van der Waals surface area contributed by atoms with Crippen molar-refractivity contribution in [2.45, 2.75) is 18.7 Å². The Kier molecular flexibility index (Phi) is 3.86. The standard InChI is InChI=1S/C19H18F2N4O/c20-16-8-14(19(22)26)18-15(17(16)21)10-25(24-18)13-5-3-11(4-6-13)12-2-1-7-23-9-12/h3-6,8,10,12,23H,1-2,7,9H2,(H2,22,26)/t12-/m1/s1/i12D. The number of primary amides is 1. The van der Waals surface area contributed by atoms with Crippen molar-refractivity contribution in [3.63, 3.8) is 0 Å². The van der Waals surface area contributed by atoms with Gasteiger partial charge in [0.05, 0.1) is 16.6 Å². The minimum Gasteiger partial charge on any atom is -0.366 e. The number of hydrogen-bond donors (Lipinski definition) is 2. The number of rotatable bonds is 3. The first-order valence-corrected chi connectivity index (χ1v) is 8.38. The van der Waals surface area contributed by atoms with E-state index in [-0.39, 0.29) is 16.5 Å². The summed E-state index contributed by atoms with van der Waals surface area (Å²) in [6.45, 7) is 1.51. The van der Waals surface area contributed by atoms with Crippen LogP contribution in [-0.4, -0.2) is 28.8 Å². The van der Waals surface area contributed by atoms with Crippen LogP contribution in [0.25, 0.3) is 16.6 Å². The summed E-state index contributed by atoms with van der Waals surface area (Å²) in [5.41, 5.74) is 6.59. The smallest absolute Gasteiger partial charge is 0.251 e. The van der Waals surface area contributed by atoms with E-state index in [2.05, 4.69) is 10.4 Å². The lowest BCUT2D eigenvalue weighted by atomic mass is 9.92. The molecule has 7 heteroatoms. The zero-order valence-corrected chi connectivity index (χ0v) is 13.9. The summed E-state index contributed by atoms with van der Waals surface area (Å²) in [5, 5.41) is 7.35. The van der Waals surface area contributed by atoms with E-state index in [1.807, 2.05) is 12.1 Å². The van der Waals surface area contributed by atoms with Crippen molar-refractivity contribution in [2.24, 2.45) is 5.73 Å². The molecule has 1 atom stereocenters. The highest BCUT2D eigenvalue weighted by molar-refractivity contribution is 6.04. The predicted octanol–water partition coefficient (Wildman–Crippen LogP) is 2.87. The van der Waals surface area contributed by atoms with Gasteiger partial charge in [-0.15, -0.1) is 0 Å². The molecule has 0 spiro atoms. The van der Waals surface area contributed by atoms with Crippen LogP contribution in [-0.2, 0) is 0 Å². The fourth-order valence-electron chi connectivity index (χ4n) is 3.29. The number of carbonyl (C=O) groups excluding carboxylic acids is 1. The van der Waals surface area contributed by atoms with Crippen LogP contribution >= 0.6 is 0 Å². The maximum atomic E-state index is 14.1. The number of fused-ring (bicyclic) bond motifs is 1. The van der Waals surface area contributed by atoms with Gasteiger partial charge in [-0.3, -0.25) is 4.79 Å². The second-order valence-corrected chi connectivity index (χ2v) is 6.35. The van der Waals surface area contributed by atoms with E-state index in [0.29, 0.717) is 12.2 Å². The molecule has 2 aromatic carbocycles. The molecule has 0 unspecified atom stereocenters. The van der Waals surface area contributed by atoms with Gasteiger partial charge in [-0.05, 0) is 49.0 Å². The molecule has 0 aliphatic carbocycles. The van der Waals surface area contributed by atoms with E-state index in [1.54, 1.807) is 12.1 Å². The molecule has 5 nitrogen and oxygen atoms in total. The number of amides is 1. The lowest BCUT2D eigenvalue weighted by molar-refractivity contribution is 0.100. The Morgan fingerprint density at radius 3 is 2.77 bits per heavy atom. The molecule has 0 bridgehead atoms. The molecular formula is C19H18F2N4O. The number of nitrogens with two attached hydrogens (primary N) is 1. The number of nitrogens with one attached hydrogen (secondary N) is 1. The molecule has 3 aromatic rings. The molecule has 1 amide bonds. The van der Waals surface area contributed by atoms with Crippen LogP contribution < -0.4 is 11.1 Å². The van der Waals surface area contributed by atoms with Gasteiger partial charge in [0.25, 0.3) is 5.91 Å². The number of nitrogens with zero attached hydrogens (tertiary/aromatic N) is 2. The summed E-state index contributed by atoms with van der Waals surface area (Å²) in [7, 11) is 0. The maximum Gasteiger partial charge on any atom is 0.251 e. The molecule has 2 heterocycles. The zero-order chi connectivity index (χ0) is 19.2. The molecule has 134 valence electrons. The Labute approximate surface area is 150 Å². The Balaban J connectivity index is 1.75. The van der Waals surface area contributed by atoms with Crippen LogP contribution in [0, 0.1) is 11.6 Å². The highest BCUT2D eigenvalue weighted by atomic mass is 19.2. The Morgan fingerprint density at radius 2 is 2.12 bits per heavy atom. The second-order valence-electron chi connectivity index (χ2n) is 6.35. The number of aromatic nitrogens is 2. The van der Waals surface area contributed by atoms with Gasteiger partial charge in [0.15, 0.2) is 11.6 Å². The normalized spacial score (nSPS) is 20.9. The number of hydrogen-bond acceptors (Lipinski definition) is 3. The Hall–Kier alpha value is -2.80. The van der Waals surface area contributed by atoms with E-state index < -0.39 is 23.4 Å². The summed E-state index contributed by atoms with van der Waals surface area (Å²) >= 11 is 0. The Bertz CT molecular complexity index is 1030. The van der Waals surface area contributed by atoms with Crippen molar-refractivity contribution in [1.29, 1.82) is 0 Å². The number of carbonyl (C=O) groups is 1. The number of halogens is 2. The summed E-state index contributed by atoms with van der Waals surface area (Å²) in [4.78, 5) is 11.5. The minimum atomic E-state index is -1.15. The van der Waals surface area contributed by atoms with E-state index in [0.717, 1.165) is 31.0 Å². The van der Waals surface area contributed by atoms with Gasteiger partial charge in [-0.1, -0.05) is 12.1 Å². The first-order chi connectivity index (χ1) is 12.9.